The number of amides is 1. The van der Waals surface area contributed by atoms with Gasteiger partial charge < -0.3 is 10.1 Å². The molecule has 0 radical (unpaired) electrons. The van der Waals surface area contributed by atoms with E-state index in [2.05, 4.69) is 10.0 Å². The van der Waals surface area contributed by atoms with Gasteiger partial charge in [-0.25, -0.2) is 13.1 Å². The van der Waals surface area contributed by atoms with E-state index >= 15 is 0 Å². The summed E-state index contributed by atoms with van der Waals surface area (Å²) in [5.74, 6) is -0.360. The topological polar surface area (TPSA) is 84.5 Å². The quantitative estimate of drug-likeness (QED) is 0.573. The van der Waals surface area contributed by atoms with Crippen LogP contribution in [0.4, 0.5) is 0 Å². The average Bonchev–Trinajstić information content (AvgIpc) is 2.67. The van der Waals surface area contributed by atoms with Gasteiger partial charge in [0.15, 0.2) is 0 Å². The van der Waals surface area contributed by atoms with Gasteiger partial charge in [-0.15, -0.1) is 0 Å². The van der Waals surface area contributed by atoms with Crippen LogP contribution in [-0.2, 0) is 21.3 Å². The Bertz CT molecular complexity index is 886. The maximum atomic E-state index is 12.6. The van der Waals surface area contributed by atoms with Crippen molar-refractivity contribution in [1.82, 2.24) is 10.0 Å². The van der Waals surface area contributed by atoms with Crippen molar-refractivity contribution in [1.29, 1.82) is 0 Å². The van der Waals surface area contributed by atoms with Gasteiger partial charge in [0, 0.05) is 25.3 Å². The summed E-state index contributed by atoms with van der Waals surface area (Å²) in [4.78, 5) is 12.2. The second-order valence-electron chi connectivity index (χ2n) is 6.48. The molecule has 0 bridgehead atoms. The molecule has 1 amide bonds. The zero-order valence-electron chi connectivity index (χ0n) is 15.9. The van der Waals surface area contributed by atoms with Crippen molar-refractivity contribution in [2.45, 2.75) is 37.8 Å². The number of carbonyl (C=O) groups is 1. The number of halogens is 1. The van der Waals surface area contributed by atoms with Gasteiger partial charge in [-0.05, 0) is 44.0 Å². The molecule has 2 N–H and O–H groups in total. The minimum atomic E-state index is -3.87. The minimum absolute atomic E-state index is 0.0578. The average molecular weight is 425 g/mol. The first-order valence-corrected chi connectivity index (χ1v) is 10.9. The summed E-state index contributed by atoms with van der Waals surface area (Å²) in [6, 6.07) is 13.3. The molecule has 0 saturated heterocycles. The van der Waals surface area contributed by atoms with E-state index in [0.717, 1.165) is 5.56 Å². The Kier molecular flexibility index (Phi) is 8.44. The Morgan fingerprint density at radius 2 is 1.86 bits per heavy atom. The summed E-state index contributed by atoms with van der Waals surface area (Å²) in [6.07, 6.45) is 0.810. The molecule has 0 atom stereocenters. The van der Waals surface area contributed by atoms with Crippen LogP contribution in [0.5, 0.6) is 0 Å². The first kappa shape index (κ1) is 22.4. The molecule has 0 unspecified atom stereocenters. The van der Waals surface area contributed by atoms with E-state index in [0.29, 0.717) is 19.6 Å². The molecule has 6 nitrogen and oxygen atoms in total. The largest absolute Gasteiger partial charge is 0.379 e. The Morgan fingerprint density at radius 1 is 1.14 bits per heavy atom. The third kappa shape index (κ3) is 6.91. The summed E-state index contributed by atoms with van der Waals surface area (Å²) in [5, 5.41) is 2.81. The zero-order chi connectivity index (χ0) is 20.6. The second-order valence-corrected chi connectivity index (χ2v) is 8.63. The summed E-state index contributed by atoms with van der Waals surface area (Å²) in [7, 11) is -3.87. The number of carbonyl (C=O) groups excluding carboxylic acids is 1. The summed E-state index contributed by atoms with van der Waals surface area (Å²) >= 11 is 6.07. The molecule has 8 heteroatoms. The van der Waals surface area contributed by atoms with Crippen LogP contribution in [0, 0.1) is 0 Å². The fourth-order valence-electron chi connectivity index (χ4n) is 2.40. The number of hydrogen-bond donors (Lipinski definition) is 2. The van der Waals surface area contributed by atoms with Crippen LogP contribution in [0.25, 0.3) is 0 Å². The molecule has 0 fully saturated rings. The minimum Gasteiger partial charge on any atom is -0.379 e. The Labute approximate surface area is 171 Å². The van der Waals surface area contributed by atoms with Crippen molar-refractivity contribution < 1.29 is 17.9 Å². The zero-order valence-corrected chi connectivity index (χ0v) is 17.5. The highest BCUT2D eigenvalue weighted by atomic mass is 35.5. The van der Waals surface area contributed by atoms with Crippen molar-refractivity contribution in [2.24, 2.45) is 0 Å². The van der Waals surface area contributed by atoms with E-state index in [1.165, 1.54) is 18.2 Å². The lowest BCUT2D eigenvalue weighted by Gasteiger charge is -2.11. The molecule has 0 aromatic heterocycles. The summed E-state index contributed by atoms with van der Waals surface area (Å²) in [5.41, 5.74) is 1.05. The lowest BCUT2D eigenvalue weighted by atomic mass is 10.2. The highest BCUT2D eigenvalue weighted by Crippen LogP contribution is 2.23. The highest BCUT2D eigenvalue weighted by molar-refractivity contribution is 7.89. The van der Waals surface area contributed by atoms with Gasteiger partial charge in [-0.1, -0.05) is 41.9 Å². The number of hydrogen-bond acceptors (Lipinski definition) is 4. The standard InChI is InChI=1S/C20H25ClN2O4S/c1-15(2)27-12-6-11-22-20(24)17-9-10-18(21)19(13-17)28(25,26)23-14-16-7-4-3-5-8-16/h3-5,7-10,13,15,23H,6,11-12,14H2,1-2H3,(H,22,24). The van der Waals surface area contributed by atoms with Gasteiger partial charge in [0.1, 0.15) is 4.90 Å². The van der Waals surface area contributed by atoms with E-state index in [1.54, 1.807) is 0 Å². The van der Waals surface area contributed by atoms with Gasteiger partial charge in [0.25, 0.3) is 5.91 Å². The van der Waals surface area contributed by atoms with Crippen molar-refractivity contribution in [2.75, 3.05) is 13.2 Å². The first-order valence-electron chi connectivity index (χ1n) is 9.02. The number of sulfonamides is 1. The van der Waals surface area contributed by atoms with Crippen molar-refractivity contribution >= 4 is 27.5 Å². The fraction of sp³-hybridized carbons (Fsp3) is 0.350. The Balaban J connectivity index is 2.02. The second kappa shape index (κ2) is 10.6. The number of benzene rings is 2. The maximum absolute atomic E-state index is 12.6. The van der Waals surface area contributed by atoms with Crippen LogP contribution in [0.1, 0.15) is 36.2 Å². The van der Waals surface area contributed by atoms with Crippen LogP contribution >= 0.6 is 11.6 Å². The highest BCUT2D eigenvalue weighted by Gasteiger charge is 2.20. The summed E-state index contributed by atoms with van der Waals surface area (Å²) < 4.78 is 33.2. The molecule has 2 rings (SSSR count). The molecule has 2 aromatic rings. The number of nitrogens with one attached hydrogen (secondary N) is 2. The molecule has 0 aliphatic heterocycles. The third-order valence-corrected chi connectivity index (χ3v) is 5.73. The van der Waals surface area contributed by atoms with E-state index in [9.17, 15) is 13.2 Å². The maximum Gasteiger partial charge on any atom is 0.251 e. The predicted octanol–water partition coefficient (Wildman–Crippen LogP) is 3.36. The SMILES string of the molecule is CC(C)OCCCNC(=O)c1ccc(Cl)c(S(=O)(=O)NCc2ccccc2)c1. The smallest absolute Gasteiger partial charge is 0.251 e. The number of ether oxygens (including phenoxy) is 1. The molecule has 0 spiro atoms. The Morgan fingerprint density at radius 3 is 2.54 bits per heavy atom. The molecule has 0 aliphatic rings. The van der Waals surface area contributed by atoms with Crippen molar-refractivity contribution in [3.8, 4) is 0 Å². The van der Waals surface area contributed by atoms with Crippen molar-refractivity contribution in [3.63, 3.8) is 0 Å². The Hall–Kier alpha value is -1.93. The molecule has 152 valence electrons. The van der Waals surface area contributed by atoms with Crippen LogP contribution in [0.15, 0.2) is 53.4 Å². The molecule has 0 heterocycles. The van der Waals surface area contributed by atoms with Crippen LogP contribution < -0.4 is 10.0 Å². The lowest BCUT2D eigenvalue weighted by Crippen LogP contribution is -2.27. The van der Waals surface area contributed by atoms with Crippen LogP contribution in [0.2, 0.25) is 5.02 Å². The molecule has 28 heavy (non-hydrogen) atoms. The normalized spacial score (nSPS) is 11.6. The molecular weight excluding hydrogens is 400 g/mol. The van der Waals surface area contributed by atoms with E-state index in [-0.39, 0.29) is 34.0 Å². The van der Waals surface area contributed by atoms with E-state index < -0.39 is 10.0 Å². The molecule has 0 aliphatic carbocycles. The van der Waals surface area contributed by atoms with Gasteiger partial charge in [0.2, 0.25) is 10.0 Å². The first-order chi connectivity index (χ1) is 13.3. The predicted molar refractivity (Wildman–Crippen MR) is 110 cm³/mol. The van der Waals surface area contributed by atoms with Crippen LogP contribution in [0.3, 0.4) is 0 Å². The monoisotopic (exact) mass is 424 g/mol. The van der Waals surface area contributed by atoms with Crippen molar-refractivity contribution in [3.05, 3.63) is 64.7 Å². The fourth-order valence-corrected chi connectivity index (χ4v) is 3.94. The van der Waals surface area contributed by atoms with Gasteiger partial charge in [-0.2, -0.15) is 0 Å². The molecule has 2 aromatic carbocycles. The lowest BCUT2D eigenvalue weighted by molar-refractivity contribution is 0.0757. The van der Waals surface area contributed by atoms with Gasteiger partial charge in [-0.3, -0.25) is 4.79 Å². The third-order valence-electron chi connectivity index (χ3n) is 3.85. The molecule has 0 saturated carbocycles. The van der Waals surface area contributed by atoms with Gasteiger partial charge in [0.05, 0.1) is 11.1 Å². The summed E-state index contributed by atoms with van der Waals surface area (Å²) in [6.45, 7) is 5.00. The van der Waals surface area contributed by atoms with Crippen LogP contribution in [-0.4, -0.2) is 33.6 Å². The van der Waals surface area contributed by atoms with E-state index in [1.807, 2.05) is 44.2 Å². The van der Waals surface area contributed by atoms with E-state index in [4.69, 9.17) is 16.3 Å². The van der Waals surface area contributed by atoms with Gasteiger partial charge >= 0.3 is 0 Å². The number of rotatable bonds is 10. The molecular formula is C20H25ClN2O4S.